The number of ketones is 1. The van der Waals surface area contributed by atoms with Crippen LogP contribution in [0.25, 0.3) is 11.0 Å². The van der Waals surface area contributed by atoms with E-state index in [-0.39, 0.29) is 11.2 Å². The van der Waals surface area contributed by atoms with Crippen molar-refractivity contribution in [2.24, 2.45) is 0 Å². The molecule has 76 valence electrons. The zero-order valence-corrected chi connectivity index (χ0v) is 8.58. The summed E-state index contributed by atoms with van der Waals surface area (Å²) in [6.45, 7) is 1.68. The highest BCUT2D eigenvalue weighted by molar-refractivity contribution is 5.96. The first-order valence-electron chi connectivity index (χ1n) is 5.18. The monoisotopic (exact) mass is 200 g/mol. The topological polar surface area (TPSA) is 45.8 Å². The predicted molar refractivity (Wildman–Crippen MR) is 57.7 cm³/mol. The summed E-state index contributed by atoms with van der Waals surface area (Å²) >= 11 is 0. The van der Waals surface area contributed by atoms with Crippen molar-refractivity contribution >= 4 is 16.8 Å². The maximum Gasteiger partial charge on any atom is 0.140 e. The minimum absolute atomic E-state index is 0.207. The Morgan fingerprint density at radius 2 is 2.33 bits per heavy atom. The summed E-state index contributed by atoms with van der Waals surface area (Å²) in [6.07, 6.45) is 5.65. The fraction of sp³-hybridized carbons (Fsp3) is 0.333. The summed E-state index contributed by atoms with van der Waals surface area (Å²) in [6, 6.07) is 3.94. The Balaban J connectivity index is 2.24. The average molecular weight is 200 g/mol. The third-order valence-electron chi connectivity index (χ3n) is 3.39. The minimum atomic E-state index is -0.207. The molecule has 0 bridgehead atoms. The Kier molecular flexibility index (Phi) is 1.55. The number of nitrogens with one attached hydrogen (secondary N) is 1. The van der Waals surface area contributed by atoms with Gasteiger partial charge in [0.15, 0.2) is 0 Å². The van der Waals surface area contributed by atoms with Gasteiger partial charge in [-0.2, -0.15) is 0 Å². The van der Waals surface area contributed by atoms with E-state index in [1.165, 1.54) is 0 Å². The van der Waals surface area contributed by atoms with Crippen LogP contribution >= 0.6 is 0 Å². The van der Waals surface area contributed by atoms with Crippen LogP contribution in [0.5, 0.6) is 0 Å². The second-order valence-electron chi connectivity index (χ2n) is 4.24. The van der Waals surface area contributed by atoms with Gasteiger partial charge < -0.3 is 4.98 Å². The molecule has 0 unspecified atom stereocenters. The standard InChI is InChI=1S/C12H12N2O/c1-8(15)12(4-5-12)10-7-14-11-9(10)3-2-6-13-11/h2-3,6-7H,4-5H2,1H3,(H,13,14). The SMILES string of the molecule is CC(=O)C1(c2c[nH]c3ncccc23)CC1. The fourth-order valence-electron chi connectivity index (χ4n) is 2.29. The summed E-state index contributed by atoms with van der Waals surface area (Å²) in [5.41, 5.74) is 1.79. The molecule has 0 aromatic carbocycles. The fourth-order valence-corrected chi connectivity index (χ4v) is 2.29. The van der Waals surface area contributed by atoms with Crippen LogP contribution in [-0.4, -0.2) is 15.8 Å². The summed E-state index contributed by atoms with van der Waals surface area (Å²) in [5, 5.41) is 1.09. The first-order chi connectivity index (χ1) is 7.24. The van der Waals surface area contributed by atoms with Gasteiger partial charge in [-0.1, -0.05) is 0 Å². The molecule has 3 nitrogen and oxygen atoms in total. The van der Waals surface area contributed by atoms with Crippen molar-refractivity contribution in [3.05, 3.63) is 30.1 Å². The van der Waals surface area contributed by atoms with Gasteiger partial charge in [0.2, 0.25) is 0 Å². The lowest BCUT2D eigenvalue weighted by Gasteiger charge is -2.09. The van der Waals surface area contributed by atoms with E-state index in [2.05, 4.69) is 9.97 Å². The number of fused-ring (bicyclic) bond motifs is 1. The van der Waals surface area contributed by atoms with Gasteiger partial charge in [-0.25, -0.2) is 4.98 Å². The van der Waals surface area contributed by atoms with Gasteiger partial charge in [-0.15, -0.1) is 0 Å². The molecular weight excluding hydrogens is 188 g/mol. The smallest absolute Gasteiger partial charge is 0.140 e. The van der Waals surface area contributed by atoms with Crippen LogP contribution in [-0.2, 0) is 10.2 Å². The summed E-state index contributed by atoms with van der Waals surface area (Å²) < 4.78 is 0. The summed E-state index contributed by atoms with van der Waals surface area (Å²) in [7, 11) is 0. The third kappa shape index (κ3) is 1.06. The van der Waals surface area contributed by atoms with Crippen molar-refractivity contribution in [3.8, 4) is 0 Å². The van der Waals surface area contributed by atoms with Crippen LogP contribution in [0.2, 0.25) is 0 Å². The van der Waals surface area contributed by atoms with Crippen LogP contribution < -0.4 is 0 Å². The number of carbonyl (C=O) groups excluding carboxylic acids is 1. The van der Waals surface area contributed by atoms with Crippen molar-refractivity contribution in [1.82, 2.24) is 9.97 Å². The molecule has 1 aliphatic carbocycles. The molecule has 15 heavy (non-hydrogen) atoms. The highest BCUT2D eigenvalue weighted by atomic mass is 16.1. The maximum atomic E-state index is 11.6. The first kappa shape index (κ1) is 8.65. The molecule has 1 saturated carbocycles. The Bertz CT molecular complexity index is 537. The van der Waals surface area contributed by atoms with Gasteiger partial charge in [0.1, 0.15) is 11.4 Å². The van der Waals surface area contributed by atoms with Crippen LogP contribution in [0, 0.1) is 0 Å². The number of pyridine rings is 1. The second kappa shape index (κ2) is 2.69. The minimum Gasteiger partial charge on any atom is -0.346 e. The summed E-state index contributed by atoms with van der Waals surface area (Å²) in [4.78, 5) is 19.0. The molecular formula is C12H12N2O. The normalized spacial score (nSPS) is 17.9. The van der Waals surface area contributed by atoms with Gasteiger partial charge in [-0.3, -0.25) is 4.79 Å². The number of rotatable bonds is 2. The van der Waals surface area contributed by atoms with Crippen molar-refractivity contribution in [2.45, 2.75) is 25.2 Å². The third-order valence-corrected chi connectivity index (χ3v) is 3.39. The van der Waals surface area contributed by atoms with E-state index in [0.717, 1.165) is 29.4 Å². The lowest BCUT2D eigenvalue weighted by molar-refractivity contribution is -0.119. The van der Waals surface area contributed by atoms with Gasteiger partial charge in [0, 0.05) is 17.8 Å². The Hall–Kier alpha value is -1.64. The molecule has 1 N–H and O–H groups in total. The van der Waals surface area contributed by atoms with Crippen LogP contribution in [0.1, 0.15) is 25.3 Å². The summed E-state index contributed by atoms with van der Waals surface area (Å²) in [5.74, 6) is 0.271. The van der Waals surface area contributed by atoms with Crippen molar-refractivity contribution < 1.29 is 4.79 Å². The van der Waals surface area contributed by atoms with E-state index in [0.29, 0.717) is 0 Å². The van der Waals surface area contributed by atoms with Crippen molar-refractivity contribution in [3.63, 3.8) is 0 Å². The number of nitrogens with zero attached hydrogens (tertiary/aromatic N) is 1. The number of aromatic amines is 1. The highest BCUT2D eigenvalue weighted by Gasteiger charge is 2.50. The van der Waals surface area contributed by atoms with E-state index in [4.69, 9.17) is 0 Å². The van der Waals surface area contributed by atoms with Gasteiger partial charge >= 0.3 is 0 Å². The number of hydrogen-bond donors (Lipinski definition) is 1. The zero-order chi connectivity index (χ0) is 10.5. The van der Waals surface area contributed by atoms with Crippen LogP contribution in [0.4, 0.5) is 0 Å². The average Bonchev–Trinajstić information content (AvgIpc) is 2.93. The Labute approximate surface area is 87.5 Å². The molecule has 2 heterocycles. The van der Waals surface area contributed by atoms with E-state index >= 15 is 0 Å². The largest absolute Gasteiger partial charge is 0.346 e. The van der Waals surface area contributed by atoms with Crippen molar-refractivity contribution in [2.75, 3.05) is 0 Å². The number of Topliss-reactive ketones (excluding diaryl/α,β-unsaturated/α-hetero) is 1. The van der Waals surface area contributed by atoms with E-state index in [1.54, 1.807) is 13.1 Å². The van der Waals surface area contributed by atoms with Crippen molar-refractivity contribution in [1.29, 1.82) is 0 Å². The van der Waals surface area contributed by atoms with Gasteiger partial charge in [0.05, 0.1) is 5.41 Å². The first-order valence-corrected chi connectivity index (χ1v) is 5.18. The molecule has 0 spiro atoms. The quantitative estimate of drug-likeness (QED) is 0.807. The number of carbonyl (C=O) groups is 1. The van der Waals surface area contributed by atoms with Gasteiger partial charge in [-0.05, 0) is 37.5 Å². The van der Waals surface area contributed by atoms with E-state index in [1.807, 2.05) is 18.3 Å². The lowest BCUT2D eigenvalue weighted by Crippen LogP contribution is -2.16. The lowest BCUT2D eigenvalue weighted by atomic mass is 9.92. The number of hydrogen-bond acceptors (Lipinski definition) is 2. The van der Waals surface area contributed by atoms with Crippen LogP contribution in [0.3, 0.4) is 0 Å². The molecule has 0 atom stereocenters. The van der Waals surface area contributed by atoms with Gasteiger partial charge in [0.25, 0.3) is 0 Å². The molecule has 2 aromatic rings. The Morgan fingerprint density at radius 3 is 3.00 bits per heavy atom. The molecule has 1 aliphatic rings. The zero-order valence-electron chi connectivity index (χ0n) is 8.58. The predicted octanol–water partition coefficient (Wildman–Crippen LogP) is 2.18. The molecule has 0 aliphatic heterocycles. The number of H-pyrrole nitrogens is 1. The van der Waals surface area contributed by atoms with E-state index < -0.39 is 0 Å². The molecule has 0 amide bonds. The van der Waals surface area contributed by atoms with Crippen LogP contribution in [0.15, 0.2) is 24.5 Å². The molecule has 1 fully saturated rings. The highest BCUT2D eigenvalue weighted by Crippen LogP contribution is 2.50. The second-order valence-corrected chi connectivity index (χ2v) is 4.24. The molecule has 2 aromatic heterocycles. The molecule has 3 heteroatoms. The van der Waals surface area contributed by atoms with E-state index in [9.17, 15) is 4.79 Å². The number of aromatic nitrogens is 2. The maximum absolute atomic E-state index is 11.6. The molecule has 0 saturated heterocycles. The molecule has 0 radical (unpaired) electrons. The molecule has 3 rings (SSSR count). The Morgan fingerprint density at radius 1 is 1.53 bits per heavy atom.